The van der Waals surface area contributed by atoms with Crippen LogP contribution < -0.4 is 9.47 Å². The highest BCUT2D eigenvalue weighted by molar-refractivity contribution is 9.09. The molecule has 0 aliphatic rings. The van der Waals surface area contributed by atoms with Crippen molar-refractivity contribution in [3.8, 4) is 11.5 Å². The first kappa shape index (κ1) is 12.4. The first-order chi connectivity index (χ1) is 7.06. The SMILES string of the molecule is COc1cccc(OC)c1C(C)(C)CBr. The van der Waals surface area contributed by atoms with Gasteiger partial charge in [-0.3, -0.25) is 0 Å². The zero-order chi connectivity index (χ0) is 11.5. The lowest BCUT2D eigenvalue weighted by Crippen LogP contribution is -2.20. The Kier molecular flexibility index (Phi) is 4.03. The molecule has 0 bridgehead atoms. The minimum Gasteiger partial charge on any atom is -0.496 e. The van der Waals surface area contributed by atoms with Crippen molar-refractivity contribution in [2.24, 2.45) is 0 Å². The molecular formula is C12H17BrO2. The third kappa shape index (κ3) is 2.46. The lowest BCUT2D eigenvalue weighted by Gasteiger charge is -2.26. The van der Waals surface area contributed by atoms with E-state index in [9.17, 15) is 0 Å². The Hall–Kier alpha value is -0.700. The molecular weight excluding hydrogens is 256 g/mol. The van der Waals surface area contributed by atoms with Crippen molar-refractivity contribution in [1.29, 1.82) is 0 Å². The van der Waals surface area contributed by atoms with E-state index in [0.717, 1.165) is 22.4 Å². The van der Waals surface area contributed by atoms with E-state index in [1.165, 1.54) is 0 Å². The van der Waals surface area contributed by atoms with Crippen LogP contribution in [0.1, 0.15) is 19.4 Å². The van der Waals surface area contributed by atoms with Crippen molar-refractivity contribution in [3.05, 3.63) is 23.8 Å². The third-order valence-corrected chi connectivity index (χ3v) is 3.84. The summed E-state index contributed by atoms with van der Waals surface area (Å²) in [4.78, 5) is 0. The highest BCUT2D eigenvalue weighted by Crippen LogP contribution is 2.39. The summed E-state index contributed by atoms with van der Waals surface area (Å²) in [5, 5.41) is 0.858. The van der Waals surface area contributed by atoms with Crippen LogP contribution in [0.15, 0.2) is 18.2 Å². The number of benzene rings is 1. The van der Waals surface area contributed by atoms with Gasteiger partial charge in [0.05, 0.1) is 14.2 Å². The number of ether oxygens (including phenoxy) is 2. The Bertz CT molecular complexity index is 312. The van der Waals surface area contributed by atoms with Crippen molar-refractivity contribution >= 4 is 15.9 Å². The molecule has 1 aromatic carbocycles. The van der Waals surface area contributed by atoms with Crippen LogP contribution in [0.5, 0.6) is 11.5 Å². The summed E-state index contributed by atoms with van der Waals surface area (Å²) in [6.07, 6.45) is 0. The van der Waals surface area contributed by atoms with Crippen LogP contribution in [0, 0.1) is 0 Å². The van der Waals surface area contributed by atoms with Crippen LogP contribution in [0.4, 0.5) is 0 Å². The molecule has 0 radical (unpaired) electrons. The molecule has 0 aromatic heterocycles. The van der Waals surface area contributed by atoms with Gasteiger partial charge in [-0.25, -0.2) is 0 Å². The fraction of sp³-hybridized carbons (Fsp3) is 0.500. The predicted molar refractivity (Wildman–Crippen MR) is 66.4 cm³/mol. The van der Waals surface area contributed by atoms with Crippen molar-refractivity contribution < 1.29 is 9.47 Å². The number of methoxy groups -OCH3 is 2. The number of halogens is 1. The van der Waals surface area contributed by atoms with Gasteiger partial charge in [-0.1, -0.05) is 35.8 Å². The summed E-state index contributed by atoms with van der Waals surface area (Å²) in [5.74, 6) is 1.75. The second-order valence-electron chi connectivity index (χ2n) is 4.06. The topological polar surface area (TPSA) is 18.5 Å². The van der Waals surface area contributed by atoms with Crippen molar-refractivity contribution in [2.45, 2.75) is 19.3 Å². The minimum atomic E-state index is -0.0159. The molecule has 0 spiro atoms. The number of hydrogen-bond acceptors (Lipinski definition) is 2. The number of hydrogen-bond donors (Lipinski definition) is 0. The summed E-state index contributed by atoms with van der Waals surface area (Å²) in [5.41, 5.74) is 1.09. The Balaban J connectivity index is 3.34. The first-order valence-corrected chi connectivity index (χ1v) is 5.96. The van der Waals surface area contributed by atoms with Gasteiger partial charge in [-0.2, -0.15) is 0 Å². The molecule has 0 aliphatic carbocycles. The minimum absolute atomic E-state index is 0.0159. The Morgan fingerprint density at radius 1 is 1.13 bits per heavy atom. The zero-order valence-electron chi connectivity index (χ0n) is 9.63. The Labute approximate surface area is 99.7 Å². The van der Waals surface area contributed by atoms with Crippen LogP contribution in [0.3, 0.4) is 0 Å². The standard InChI is InChI=1S/C12H17BrO2/c1-12(2,8-13)11-9(14-3)6-5-7-10(11)15-4/h5-7H,8H2,1-4H3. The smallest absolute Gasteiger partial charge is 0.126 e. The zero-order valence-corrected chi connectivity index (χ0v) is 11.2. The van der Waals surface area contributed by atoms with E-state index in [-0.39, 0.29) is 5.41 Å². The molecule has 0 fully saturated rings. The second kappa shape index (κ2) is 4.88. The summed E-state index contributed by atoms with van der Waals surface area (Å²) in [6.45, 7) is 4.31. The molecule has 1 aromatic rings. The van der Waals surface area contributed by atoms with Gasteiger partial charge in [0.1, 0.15) is 11.5 Å². The van der Waals surface area contributed by atoms with E-state index >= 15 is 0 Å². The maximum Gasteiger partial charge on any atom is 0.126 e. The van der Waals surface area contributed by atoms with Crippen molar-refractivity contribution in [2.75, 3.05) is 19.5 Å². The second-order valence-corrected chi connectivity index (χ2v) is 4.62. The molecule has 0 aliphatic heterocycles. The molecule has 0 amide bonds. The highest BCUT2D eigenvalue weighted by atomic mass is 79.9. The summed E-state index contributed by atoms with van der Waals surface area (Å²) in [7, 11) is 3.37. The molecule has 2 nitrogen and oxygen atoms in total. The van der Waals surface area contributed by atoms with Gasteiger partial charge < -0.3 is 9.47 Å². The predicted octanol–water partition coefficient (Wildman–Crippen LogP) is 3.38. The quantitative estimate of drug-likeness (QED) is 0.783. The first-order valence-electron chi connectivity index (χ1n) is 4.84. The van der Waals surface area contributed by atoms with Crippen LogP contribution in [0.25, 0.3) is 0 Å². The molecule has 15 heavy (non-hydrogen) atoms. The Morgan fingerprint density at radius 3 is 1.93 bits per heavy atom. The molecule has 0 unspecified atom stereocenters. The highest BCUT2D eigenvalue weighted by Gasteiger charge is 2.27. The Morgan fingerprint density at radius 2 is 1.60 bits per heavy atom. The molecule has 3 heteroatoms. The fourth-order valence-corrected chi connectivity index (χ4v) is 1.87. The van der Waals surface area contributed by atoms with Crippen molar-refractivity contribution in [3.63, 3.8) is 0 Å². The van der Waals surface area contributed by atoms with Crippen molar-refractivity contribution in [1.82, 2.24) is 0 Å². The lowest BCUT2D eigenvalue weighted by molar-refractivity contribution is 0.369. The summed E-state index contributed by atoms with van der Waals surface area (Å²) >= 11 is 3.52. The van der Waals surface area contributed by atoms with Crippen LogP contribution in [-0.2, 0) is 5.41 Å². The van der Waals surface area contributed by atoms with Crippen LogP contribution in [0.2, 0.25) is 0 Å². The summed E-state index contributed by atoms with van der Waals surface area (Å²) < 4.78 is 10.8. The molecule has 0 saturated carbocycles. The molecule has 1 rings (SSSR count). The maximum atomic E-state index is 5.38. The van der Waals surface area contributed by atoms with Gasteiger partial charge in [0.2, 0.25) is 0 Å². The van der Waals surface area contributed by atoms with E-state index in [1.807, 2.05) is 18.2 Å². The van der Waals surface area contributed by atoms with Crippen LogP contribution >= 0.6 is 15.9 Å². The van der Waals surface area contributed by atoms with Crippen LogP contribution in [-0.4, -0.2) is 19.5 Å². The largest absolute Gasteiger partial charge is 0.496 e. The lowest BCUT2D eigenvalue weighted by atomic mass is 9.85. The normalized spacial score (nSPS) is 11.3. The molecule has 0 saturated heterocycles. The van der Waals surface area contributed by atoms with E-state index in [4.69, 9.17) is 9.47 Å². The number of alkyl halides is 1. The van der Waals surface area contributed by atoms with E-state index in [0.29, 0.717) is 0 Å². The van der Waals surface area contributed by atoms with Gasteiger partial charge in [-0.15, -0.1) is 0 Å². The van der Waals surface area contributed by atoms with Gasteiger partial charge in [0, 0.05) is 16.3 Å². The van der Waals surface area contributed by atoms with Gasteiger partial charge in [-0.05, 0) is 12.1 Å². The van der Waals surface area contributed by atoms with E-state index in [1.54, 1.807) is 14.2 Å². The molecule has 0 heterocycles. The number of rotatable bonds is 4. The monoisotopic (exact) mass is 272 g/mol. The maximum absolute atomic E-state index is 5.38. The van der Waals surface area contributed by atoms with E-state index in [2.05, 4.69) is 29.8 Å². The average Bonchev–Trinajstić information content (AvgIpc) is 2.27. The molecule has 84 valence electrons. The molecule has 0 N–H and O–H groups in total. The molecule has 0 atom stereocenters. The van der Waals surface area contributed by atoms with Gasteiger partial charge in [0.25, 0.3) is 0 Å². The average molecular weight is 273 g/mol. The fourth-order valence-electron chi connectivity index (χ4n) is 1.59. The van der Waals surface area contributed by atoms with Gasteiger partial charge >= 0.3 is 0 Å². The van der Waals surface area contributed by atoms with E-state index < -0.39 is 0 Å². The third-order valence-electron chi connectivity index (χ3n) is 2.44. The van der Waals surface area contributed by atoms with Gasteiger partial charge in [0.15, 0.2) is 0 Å². The summed E-state index contributed by atoms with van der Waals surface area (Å²) in [6, 6.07) is 5.86.